The fraction of sp³-hybridized carbons (Fsp3) is 0.0952. The number of carbonyl (C=O) groups excluding carboxylic acids is 1. The molecule has 1 amide bonds. The summed E-state index contributed by atoms with van der Waals surface area (Å²) in [5, 5.41) is 7.82. The molecule has 0 spiro atoms. The van der Waals surface area contributed by atoms with Crippen LogP contribution in [0.25, 0.3) is 0 Å². The largest absolute Gasteiger partial charge is 0.493 e. The van der Waals surface area contributed by atoms with Crippen molar-refractivity contribution in [2.24, 2.45) is 5.14 Å². The van der Waals surface area contributed by atoms with Gasteiger partial charge in [-0.3, -0.25) is 4.79 Å². The van der Waals surface area contributed by atoms with Gasteiger partial charge in [0.05, 0.1) is 17.0 Å². The van der Waals surface area contributed by atoms with E-state index in [-0.39, 0.29) is 38.4 Å². The van der Waals surface area contributed by atoms with Gasteiger partial charge in [0.2, 0.25) is 10.0 Å². The van der Waals surface area contributed by atoms with Crippen LogP contribution in [0.15, 0.2) is 59.5 Å². The Bertz CT molecular complexity index is 1260. The first-order chi connectivity index (χ1) is 14.6. The van der Waals surface area contributed by atoms with Crippen LogP contribution in [0.5, 0.6) is 17.2 Å². The molecule has 0 fully saturated rings. The number of nitrogens with one attached hydrogen (secondary N) is 1. The maximum absolute atomic E-state index is 13.5. The molecule has 0 unspecified atom stereocenters. The predicted octanol–water partition coefficient (Wildman–Crippen LogP) is 4.49. The van der Waals surface area contributed by atoms with Gasteiger partial charge in [0.25, 0.3) is 5.91 Å². The second-order valence-corrected chi connectivity index (χ2v) is 8.51. The highest BCUT2D eigenvalue weighted by Gasteiger charge is 2.21. The van der Waals surface area contributed by atoms with Crippen molar-refractivity contribution in [1.82, 2.24) is 0 Å². The minimum absolute atomic E-state index is 0.000321. The number of nitrogens with two attached hydrogens (primary N) is 1. The van der Waals surface area contributed by atoms with Crippen molar-refractivity contribution in [2.75, 3.05) is 12.4 Å². The number of methoxy groups -OCH3 is 1. The molecule has 31 heavy (non-hydrogen) atoms. The van der Waals surface area contributed by atoms with E-state index in [1.165, 1.54) is 43.5 Å². The zero-order valence-electron chi connectivity index (χ0n) is 16.5. The van der Waals surface area contributed by atoms with E-state index in [0.717, 1.165) is 6.07 Å². The fourth-order valence-corrected chi connectivity index (χ4v) is 3.71. The molecule has 10 heteroatoms. The van der Waals surface area contributed by atoms with Gasteiger partial charge < -0.3 is 14.8 Å². The molecule has 3 rings (SSSR count). The molecule has 0 radical (unpaired) electrons. The number of carbonyl (C=O) groups is 1. The van der Waals surface area contributed by atoms with Gasteiger partial charge in [0, 0.05) is 11.8 Å². The molecule has 0 saturated carbocycles. The van der Waals surface area contributed by atoms with Crippen LogP contribution < -0.4 is 19.9 Å². The van der Waals surface area contributed by atoms with Crippen LogP contribution in [0.3, 0.4) is 0 Å². The van der Waals surface area contributed by atoms with E-state index in [1.54, 1.807) is 19.1 Å². The van der Waals surface area contributed by atoms with E-state index in [2.05, 4.69) is 5.32 Å². The smallest absolute Gasteiger partial charge is 0.260 e. The zero-order chi connectivity index (χ0) is 22.8. The third kappa shape index (κ3) is 5.32. The molecule has 3 N–H and O–H groups in total. The van der Waals surface area contributed by atoms with Gasteiger partial charge in [-0.25, -0.2) is 17.9 Å². The molecule has 3 aromatic rings. The summed E-state index contributed by atoms with van der Waals surface area (Å²) in [6.07, 6.45) is 0. The van der Waals surface area contributed by atoms with Gasteiger partial charge >= 0.3 is 0 Å². The number of anilines is 1. The first-order valence-electron chi connectivity index (χ1n) is 8.84. The Morgan fingerprint density at radius 1 is 1.06 bits per heavy atom. The second kappa shape index (κ2) is 8.93. The highest BCUT2D eigenvalue weighted by Crippen LogP contribution is 2.37. The Balaban J connectivity index is 1.99. The van der Waals surface area contributed by atoms with Crippen molar-refractivity contribution in [3.8, 4) is 17.2 Å². The van der Waals surface area contributed by atoms with Gasteiger partial charge in [0.15, 0.2) is 11.5 Å². The second-order valence-electron chi connectivity index (χ2n) is 6.54. The quantitative estimate of drug-likeness (QED) is 0.559. The maximum atomic E-state index is 13.5. The van der Waals surface area contributed by atoms with E-state index in [4.69, 9.17) is 26.2 Å². The van der Waals surface area contributed by atoms with E-state index in [1.807, 2.05) is 0 Å². The molecule has 0 heterocycles. The van der Waals surface area contributed by atoms with Crippen molar-refractivity contribution < 1.29 is 27.1 Å². The highest BCUT2D eigenvalue weighted by atomic mass is 35.5. The summed E-state index contributed by atoms with van der Waals surface area (Å²) in [5.74, 6) is -0.748. The zero-order valence-corrected chi connectivity index (χ0v) is 18.1. The average molecular weight is 465 g/mol. The number of ether oxygens (including phenoxy) is 2. The van der Waals surface area contributed by atoms with Crippen LogP contribution in [-0.2, 0) is 10.0 Å². The molecule has 0 aliphatic heterocycles. The predicted molar refractivity (Wildman–Crippen MR) is 115 cm³/mol. The molecule has 0 atom stereocenters. The van der Waals surface area contributed by atoms with E-state index < -0.39 is 21.7 Å². The normalized spacial score (nSPS) is 11.1. The van der Waals surface area contributed by atoms with Crippen molar-refractivity contribution in [3.05, 3.63) is 76.6 Å². The van der Waals surface area contributed by atoms with Crippen LogP contribution >= 0.6 is 11.6 Å². The summed E-state index contributed by atoms with van der Waals surface area (Å²) in [4.78, 5) is 12.8. The van der Waals surface area contributed by atoms with E-state index >= 15 is 0 Å². The number of halogens is 2. The van der Waals surface area contributed by atoms with Gasteiger partial charge in [-0.2, -0.15) is 0 Å². The number of sulfonamides is 1. The third-order valence-electron chi connectivity index (χ3n) is 4.19. The maximum Gasteiger partial charge on any atom is 0.260 e. The lowest BCUT2D eigenvalue weighted by Gasteiger charge is -2.16. The number of hydrogen-bond acceptors (Lipinski definition) is 5. The molecule has 7 nitrogen and oxygen atoms in total. The van der Waals surface area contributed by atoms with Crippen LogP contribution in [0.1, 0.15) is 15.9 Å². The van der Waals surface area contributed by atoms with Crippen molar-refractivity contribution in [3.63, 3.8) is 0 Å². The van der Waals surface area contributed by atoms with Crippen LogP contribution in [0.4, 0.5) is 10.1 Å². The molecule has 0 bridgehead atoms. The summed E-state index contributed by atoms with van der Waals surface area (Å²) in [6.45, 7) is 1.76. The van der Waals surface area contributed by atoms with Gasteiger partial charge in [-0.15, -0.1) is 0 Å². The lowest BCUT2D eigenvalue weighted by molar-refractivity contribution is 0.102. The topological polar surface area (TPSA) is 108 Å². The number of benzene rings is 3. The molecule has 3 aromatic carbocycles. The van der Waals surface area contributed by atoms with Crippen molar-refractivity contribution in [2.45, 2.75) is 11.8 Å². The summed E-state index contributed by atoms with van der Waals surface area (Å²) >= 11 is 6.32. The number of aryl methyl sites for hydroxylation is 1. The molecular weight excluding hydrogens is 447 g/mol. The molecule has 0 aromatic heterocycles. The van der Waals surface area contributed by atoms with Crippen molar-refractivity contribution >= 4 is 33.2 Å². The Morgan fingerprint density at radius 2 is 1.81 bits per heavy atom. The lowest BCUT2D eigenvalue weighted by Crippen LogP contribution is -2.16. The number of amides is 1. The standard InChI is InChI=1S/C21H18ClFN2O5S/c1-12-8-16(22)20(19(9-12)30-17-7-6-13(23)10-18(17)29-2)21(26)25-14-4-3-5-15(11-14)31(24,27)28/h3-11H,1-2H3,(H,25,26)(H2,24,27,28). The van der Waals surface area contributed by atoms with Gasteiger partial charge in [-0.05, 0) is 55.0 Å². The molecule has 0 saturated heterocycles. The molecule has 0 aliphatic carbocycles. The Kier molecular flexibility index (Phi) is 6.49. The van der Waals surface area contributed by atoms with Gasteiger partial charge in [0.1, 0.15) is 17.1 Å². The Labute approximate surface area is 183 Å². The first-order valence-corrected chi connectivity index (χ1v) is 10.8. The van der Waals surface area contributed by atoms with Crippen LogP contribution in [-0.4, -0.2) is 21.4 Å². The molecular formula is C21H18ClFN2O5S. The Hall–Kier alpha value is -3.14. The van der Waals surface area contributed by atoms with Crippen molar-refractivity contribution in [1.29, 1.82) is 0 Å². The number of hydrogen-bond donors (Lipinski definition) is 2. The van der Waals surface area contributed by atoms with E-state index in [0.29, 0.717) is 5.56 Å². The van der Waals surface area contributed by atoms with E-state index in [9.17, 15) is 17.6 Å². The monoisotopic (exact) mass is 464 g/mol. The van der Waals surface area contributed by atoms with Crippen LogP contribution in [0.2, 0.25) is 5.02 Å². The van der Waals surface area contributed by atoms with Gasteiger partial charge in [-0.1, -0.05) is 17.7 Å². The SMILES string of the molecule is COc1cc(F)ccc1Oc1cc(C)cc(Cl)c1C(=O)Nc1cccc(S(N)(=O)=O)c1. The fourth-order valence-electron chi connectivity index (χ4n) is 2.80. The Morgan fingerprint density at radius 3 is 2.48 bits per heavy atom. The summed E-state index contributed by atoms with van der Waals surface area (Å²) in [7, 11) is -2.59. The first kappa shape index (κ1) is 22.5. The highest BCUT2D eigenvalue weighted by molar-refractivity contribution is 7.89. The molecule has 0 aliphatic rings. The summed E-state index contributed by atoms with van der Waals surface area (Å²) in [5.41, 5.74) is 0.909. The average Bonchev–Trinajstić information content (AvgIpc) is 2.68. The van der Waals surface area contributed by atoms with Crippen LogP contribution in [0, 0.1) is 12.7 Å². The minimum Gasteiger partial charge on any atom is -0.493 e. The summed E-state index contributed by atoms with van der Waals surface area (Å²) in [6, 6.07) is 12.3. The lowest BCUT2D eigenvalue weighted by atomic mass is 10.1. The number of rotatable bonds is 6. The number of primary sulfonamides is 1. The summed E-state index contributed by atoms with van der Waals surface area (Å²) < 4.78 is 47.6. The minimum atomic E-state index is -3.95. The molecule has 162 valence electrons. The third-order valence-corrected chi connectivity index (χ3v) is 5.40.